The van der Waals surface area contributed by atoms with Crippen LogP contribution in [0.25, 0.3) is 6.08 Å². The second kappa shape index (κ2) is 5.45. The number of hydrogen-bond donors (Lipinski definition) is 0. The highest BCUT2D eigenvalue weighted by Crippen LogP contribution is 2.47. The topological polar surface area (TPSA) is 26.3 Å². The van der Waals surface area contributed by atoms with Gasteiger partial charge in [-0.2, -0.15) is 0 Å². The third-order valence-corrected chi connectivity index (χ3v) is 4.70. The first kappa shape index (κ1) is 13.3. The fourth-order valence-electron chi connectivity index (χ4n) is 3.62. The molecule has 0 bridgehead atoms. The molecule has 1 heterocycles. The van der Waals surface area contributed by atoms with Gasteiger partial charge in [0.1, 0.15) is 5.75 Å². The van der Waals surface area contributed by atoms with E-state index in [0.29, 0.717) is 18.9 Å². The monoisotopic (exact) mass is 290 g/mol. The Labute approximate surface area is 130 Å². The number of carbonyl (C=O) groups is 1. The van der Waals surface area contributed by atoms with Crippen molar-refractivity contribution in [3.05, 3.63) is 71.3 Å². The van der Waals surface area contributed by atoms with Gasteiger partial charge in [0.15, 0.2) is 5.78 Å². The number of para-hydroxylation sites is 1. The van der Waals surface area contributed by atoms with Gasteiger partial charge in [-0.05, 0) is 24.1 Å². The van der Waals surface area contributed by atoms with E-state index in [9.17, 15) is 4.79 Å². The molecule has 4 rings (SSSR count). The quantitative estimate of drug-likeness (QED) is 0.735. The van der Waals surface area contributed by atoms with Gasteiger partial charge in [0.2, 0.25) is 0 Å². The zero-order valence-corrected chi connectivity index (χ0v) is 12.4. The SMILES string of the molecule is O=C1CC[C@@H]2COc3ccccc3[C@@H]2/C1=C\c1ccccc1. The Morgan fingerprint density at radius 2 is 1.77 bits per heavy atom. The molecule has 0 spiro atoms. The number of Topliss-reactive ketones (excluding diaryl/α,β-unsaturated/α-hetero) is 1. The summed E-state index contributed by atoms with van der Waals surface area (Å²) >= 11 is 0. The summed E-state index contributed by atoms with van der Waals surface area (Å²) in [4.78, 5) is 12.6. The Morgan fingerprint density at radius 3 is 2.64 bits per heavy atom. The predicted molar refractivity (Wildman–Crippen MR) is 86.8 cm³/mol. The number of allylic oxidation sites excluding steroid dienone is 1. The van der Waals surface area contributed by atoms with Crippen LogP contribution < -0.4 is 4.74 Å². The van der Waals surface area contributed by atoms with Crippen molar-refractivity contribution < 1.29 is 9.53 Å². The Bertz CT molecular complexity index is 730. The highest BCUT2D eigenvalue weighted by atomic mass is 16.5. The minimum Gasteiger partial charge on any atom is -0.493 e. The van der Waals surface area contributed by atoms with Crippen molar-refractivity contribution >= 4 is 11.9 Å². The molecule has 0 unspecified atom stereocenters. The molecule has 2 heteroatoms. The predicted octanol–water partition coefficient (Wildman–Crippen LogP) is 4.23. The van der Waals surface area contributed by atoms with Gasteiger partial charge in [0, 0.05) is 29.4 Å². The van der Waals surface area contributed by atoms with E-state index in [2.05, 4.69) is 24.3 Å². The third kappa shape index (κ3) is 2.25. The highest BCUT2D eigenvalue weighted by Gasteiger charge is 2.39. The van der Waals surface area contributed by atoms with Crippen LogP contribution in [0.3, 0.4) is 0 Å². The lowest BCUT2D eigenvalue weighted by atomic mass is 9.70. The minimum atomic E-state index is 0.173. The summed E-state index contributed by atoms with van der Waals surface area (Å²) in [6.45, 7) is 0.709. The van der Waals surface area contributed by atoms with Crippen molar-refractivity contribution in [3.63, 3.8) is 0 Å². The van der Waals surface area contributed by atoms with Gasteiger partial charge in [-0.1, -0.05) is 48.5 Å². The van der Waals surface area contributed by atoms with Gasteiger partial charge in [-0.15, -0.1) is 0 Å². The lowest BCUT2D eigenvalue weighted by Gasteiger charge is -2.38. The van der Waals surface area contributed by atoms with Gasteiger partial charge < -0.3 is 4.74 Å². The summed E-state index contributed by atoms with van der Waals surface area (Å²) in [6.07, 6.45) is 3.62. The zero-order chi connectivity index (χ0) is 14.9. The third-order valence-electron chi connectivity index (χ3n) is 4.70. The van der Waals surface area contributed by atoms with Crippen LogP contribution in [-0.2, 0) is 4.79 Å². The number of ketones is 1. The molecule has 1 aliphatic heterocycles. The number of benzene rings is 2. The average molecular weight is 290 g/mol. The highest BCUT2D eigenvalue weighted by molar-refractivity contribution is 6.02. The number of ether oxygens (including phenoxy) is 1. The van der Waals surface area contributed by atoms with E-state index in [-0.39, 0.29) is 11.7 Å². The van der Waals surface area contributed by atoms with Crippen molar-refractivity contribution in [1.82, 2.24) is 0 Å². The molecule has 2 aromatic carbocycles. The summed E-state index contributed by atoms with van der Waals surface area (Å²) in [5, 5.41) is 0. The summed E-state index contributed by atoms with van der Waals surface area (Å²) < 4.78 is 5.89. The smallest absolute Gasteiger partial charge is 0.159 e. The van der Waals surface area contributed by atoms with E-state index in [1.54, 1.807) is 0 Å². The van der Waals surface area contributed by atoms with Gasteiger partial charge in [0.25, 0.3) is 0 Å². The lowest BCUT2D eigenvalue weighted by Crippen LogP contribution is -2.33. The fraction of sp³-hybridized carbons (Fsp3) is 0.250. The van der Waals surface area contributed by atoms with Crippen LogP contribution in [0, 0.1) is 5.92 Å². The average Bonchev–Trinajstić information content (AvgIpc) is 2.58. The van der Waals surface area contributed by atoms with Crippen LogP contribution in [0.4, 0.5) is 0 Å². The summed E-state index contributed by atoms with van der Waals surface area (Å²) in [7, 11) is 0. The normalized spacial score (nSPS) is 25.3. The van der Waals surface area contributed by atoms with E-state index in [4.69, 9.17) is 4.74 Å². The molecule has 2 aromatic rings. The molecule has 1 fully saturated rings. The van der Waals surface area contributed by atoms with Crippen molar-refractivity contribution in [3.8, 4) is 5.75 Å². The van der Waals surface area contributed by atoms with Crippen molar-refractivity contribution in [2.75, 3.05) is 6.61 Å². The maximum atomic E-state index is 12.6. The first-order valence-corrected chi connectivity index (χ1v) is 7.84. The molecule has 110 valence electrons. The fourth-order valence-corrected chi connectivity index (χ4v) is 3.62. The van der Waals surface area contributed by atoms with Crippen LogP contribution >= 0.6 is 0 Å². The molecule has 0 radical (unpaired) electrons. The van der Waals surface area contributed by atoms with E-state index >= 15 is 0 Å². The standard InChI is InChI=1S/C20H18O2/c21-18-11-10-15-13-22-19-9-5-4-8-16(19)20(15)17(18)12-14-6-2-1-3-7-14/h1-9,12,15,20H,10-11,13H2/b17-12-/t15-,20-/m1/s1. The molecule has 1 saturated carbocycles. The molecular formula is C20H18O2. The molecule has 22 heavy (non-hydrogen) atoms. The van der Waals surface area contributed by atoms with E-state index in [1.165, 1.54) is 0 Å². The molecule has 1 aliphatic carbocycles. The van der Waals surface area contributed by atoms with E-state index in [0.717, 1.165) is 28.9 Å². The molecule has 0 N–H and O–H groups in total. The van der Waals surface area contributed by atoms with Gasteiger partial charge in [-0.25, -0.2) is 0 Å². The molecule has 0 aromatic heterocycles. The van der Waals surface area contributed by atoms with Crippen LogP contribution in [0.5, 0.6) is 5.75 Å². The maximum absolute atomic E-state index is 12.6. The van der Waals surface area contributed by atoms with Gasteiger partial charge >= 0.3 is 0 Å². The summed E-state index contributed by atoms with van der Waals surface area (Å²) in [6, 6.07) is 18.2. The number of hydrogen-bond acceptors (Lipinski definition) is 2. The van der Waals surface area contributed by atoms with Crippen LogP contribution in [0.15, 0.2) is 60.2 Å². The number of rotatable bonds is 1. The Kier molecular flexibility index (Phi) is 3.30. The van der Waals surface area contributed by atoms with Crippen LogP contribution in [0.2, 0.25) is 0 Å². The lowest BCUT2D eigenvalue weighted by molar-refractivity contribution is -0.117. The zero-order valence-electron chi connectivity index (χ0n) is 12.4. The van der Waals surface area contributed by atoms with Crippen LogP contribution in [0.1, 0.15) is 29.9 Å². The summed E-state index contributed by atoms with van der Waals surface area (Å²) in [5.74, 6) is 1.79. The molecule has 2 atom stereocenters. The van der Waals surface area contributed by atoms with Crippen molar-refractivity contribution in [2.24, 2.45) is 5.92 Å². The second-order valence-corrected chi connectivity index (χ2v) is 6.06. The van der Waals surface area contributed by atoms with E-state index in [1.807, 2.05) is 36.4 Å². The maximum Gasteiger partial charge on any atom is 0.159 e. The largest absolute Gasteiger partial charge is 0.493 e. The molecule has 2 aliphatic rings. The number of fused-ring (bicyclic) bond motifs is 3. The van der Waals surface area contributed by atoms with Crippen molar-refractivity contribution in [2.45, 2.75) is 18.8 Å². The molecule has 0 saturated heterocycles. The Hall–Kier alpha value is -2.35. The van der Waals surface area contributed by atoms with Crippen molar-refractivity contribution in [1.29, 1.82) is 0 Å². The molecule has 0 amide bonds. The van der Waals surface area contributed by atoms with Gasteiger partial charge in [0.05, 0.1) is 6.61 Å². The Balaban J connectivity index is 1.83. The Morgan fingerprint density at radius 1 is 1.00 bits per heavy atom. The first-order chi connectivity index (χ1) is 10.8. The first-order valence-electron chi connectivity index (χ1n) is 7.84. The molecule has 2 nitrogen and oxygen atoms in total. The molecular weight excluding hydrogens is 272 g/mol. The van der Waals surface area contributed by atoms with Gasteiger partial charge in [-0.3, -0.25) is 4.79 Å². The summed E-state index contributed by atoms with van der Waals surface area (Å²) in [5.41, 5.74) is 3.20. The van der Waals surface area contributed by atoms with Crippen LogP contribution in [-0.4, -0.2) is 12.4 Å². The number of carbonyl (C=O) groups excluding carboxylic acids is 1. The second-order valence-electron chi connectivity index (χ2n) is 6.06. The minimum absolute atomic E-state index is 0.173. The van der Waals surface area contributed by atoms with E-state index < -0.39 is 0 Å².